The van der Waals surface area contributed by atoms with Gasteiger partial charge in [-0.05, 0) is 17.7 Å². The molecule has 5 heteroatoms. The number of morpholine rings is 1. The highest BCUT2D eigenvalue weighted by Crippen LogP contribution is 2.22. The summed E-state index contributed by atoms with van der Waals surface area (Å²) in [5, 5.41) is 19.4. The number of hydrogen-bond donors (Lipinski definition) is 1. The van der Waals surface area contributed by atoms with E-state index in [1.54, 1.807) is 24.5 Å². The summed E-state index contributed by atoms with van der Waals surface area (Å²) < 4.78 is 5.26. The van der Waals surface area contributed by atoms with Gasteiger partial charge in [0.2, 0.25) is 0 Å². The minimum atomic E-state index is -0.763. The zero-order chi connectivity index (χ0) is 12.8. The molecule has 0 bridgehead atoms. The van der Waals surface area contributed by atoms with E-state index in [0.717, 1.165) is 18.7 Å². The van der Waals surface area contributed by atoms with Crippen molar-refractivity contribution in [3.05, 3.63) is 30.1 Å². The molecule has 0 aromatic carbocycles. The molecule has 1 N–H and O–H groups in total. The van der Waals surface area contributed by atoms with E-state index in [2.05, 4.69) is 16.0 Å². The summed E-state index contributed by atoms with van der Waals surface area (Å²) in [4.78, 5) is 6.06. The number of ether oxygens (including phenoxy) is 1. The second-order valence-corrected chi connectivity index (χ2v) is 4.37. The van der Waals surface area contributed by atoms with Gasteiger partial charge in [0.1, 0.15) is 0 Å². The van der Waals surface area contributed by atoms with Gasteiger partial charge in [-0.3, -0.25) is 9.88 Å². The van der Waals surface area contributed by atoms with E-state index in [0.29, 0.717) is 19.8 Å². The zero-order valence-corrected chi connectivity index (χ0v) is 10.2. The lowest BCUT2D eigenvalue weighted by Gasteiger charge is -2.29. The Morgan fingerprint density at radius 2 is 2.06 bits per heavy atom. The molecule has 1 aromatic rings. The highest BCUT2D eigenvalue weighted by atomic mass is 16.5. The molecule has 1 aliphatic rings. The minimum absolute atomic E-state index is 0.425. The highest BCUT2D eigenvalue weighted by molar-refractivity contribution is 5.16. The molecule has 0 aliphatic carbocycles. The van der Waals surface area contributed by atoms with E-state index in [-0.39, 0.29) is 0 Å². The fourth-order valence-corrected chi connectivity index (χ4v) is 2.07. The molecule has 0 spiro atoms. The Balaban J connectivity index is 1.98. The second kappa shape index (κ2) is 6.45. The van der Waals surface area contributed by atoms with Gasteiger partial charge < -0.3 is 9.84 Å². The van der Waals surface area contributed by atoms with Crippen molar-refractivity contribution in [3.8, 4) is 6.07 Å². The Hall–Kier alpha value is -1.48. The van der Waals surface area contributed by atoms with Crippen LogP contribution >= 0.6 is 0 Å². The third-order valence-electron chi connectivity index (χ3n) is 3.15. The van der Waals surface area contributed by atoms with E-state index in [1.807, 2.05) is 0 Å². The van der Waals surface area contributed by atoms with Crippen molar-refractivity contribution in [2.45, 2.75) is 6.10 Å². The maximum atomic E-state index is 10.2. The van der Waals surface area contributed by atoms with Crippen molar-refractivity contribution in [3.63, 3.8) is 0 Å². The monoisotopic (exact) mass is 247 g/mol. The molecule has 1 aromatic heterocycles. The molecule has 1 aliphatic heterocycles. The highest BCUT2D eigenvalue weighted by Gasteiger charge is 2.24. The van der Waals surface area contributed by atoms with Crippen LogP contribution < -0.4 is 0 Å². The molecule has 1 fully saturated rings. The molecule has 0 radical (unpaired) electrons. The van der Waals surface area contributed by atoms with E-state index in [9.17, 15) is 10.4 Å². The maximum Gasteiger partial charge on any atom is 0.0961 e. The number of rotatable bonds is 4. The fraction of sp³-hybridized carbons (Fsp3) is 0.538. The Kier molecular flexibility index (Phi) is 4.65. The van der Waals surface area contributed by atoms with Crippen molar-refractivity contribution in [2.75, 3.05) is 32.8 Å². The average Bonchev–Trinajstić information content (AvgIpc) is 2.46. The van der Waals surface area contributed by atoms with Crippen LogP contribution in [0.3, 0.4) is 0 Å². The molecule has 0 amide bonds. The summed E-state index contributed by atoms with van der Waals surface area (Å²) in [7, 11) is 0. The quantitative estimate of drug-likeness (QED) is 0.843. The molecule has 2 atom stereocenters. The van der Waals surface area contributed by atoms with Crippen LogP contribution in [0, 0.1) is 17.2 Å². The van der Waals surface area contributed by atoms with Gasteiger partial charge in [0.15, 0.2) is 0 Å². The summed E-state index contributed by atoms with van der Waals surface area (Å²) >= 11 is 0. The number of pyridine rings is 1. The number of nitrogens with zero attached hydrogens (tertiary/aromatic N) is 3. The van der Waals surface area contributed by atoms with Gasteiger partial charge in [0.05, 0.1) is 31.3 Å². The van der Waals surface area contributed by atoms with Crippen molar-refractivity contribution >= 4 is 0 Å². The van der Waals surface area contributed by atoms with Gasteiger partial charge in [0, 0.05) is 32.0 Å². The average molecular weight is 247 g/mol. The lowest BCUT2D eigenvalue weighted by atomic mass is 9.97. The van der Waals surface area contributed by atoms with Crippen LogP contribution in [0.4, 0.5) is 0 Å². The lowest BCUT2D eigenvalue weighted by Crippen LogP contribution is -2.40. The van der Waals surface area contributed by atoms with Gasteiger partial charge in [-0.2, -0.15) is 5.26 Å². The molecule has 96 valence electrons. The van der Waals surface area contributed by atoms with Gasteiger partial charge in [-0.1, -0.05) is 0 Å². The summed E-state index contributed by atoms with van der Waals surface area (Å²) in [6, 6.07) is 5.68. The third kappa shape index (κ3) is 3.26. The fourth-order valence-electron chi connectivity index (χ4n) is 2.07. The molecule has 2 rings (SSSR count). The lowest BCUT2D eigenvalue weighted by molar-refractivity contribution is 0.0208. The molecule has 2 heterocycles. The third-order valence-corrected chi connectivity index (χ3v) is 3.15. The first kappa shape index (κ1) is 13.0. The minimum Gasteiger partial charge on any atom is -0.387 e. The molecule has 18 heavy (non-hydrogen) atoms. The maximum absolute atomic E-state index is 10.2. The number of hydrogen-bond acceptors (Lipinski definition) is 5. The molecule has 0 saturated carbocycles. The first-order chi connectivity index (χ1) is 8.81. The number of aliphatic hydroxyl groups is 1. The van der Waals surface area contributed by atoms with Crippen LogP contribution in [0.15, 0.2) is 24.5 Å². The van der Waals surface area contributed by atoms with Gasteiger partial charge in [0.25, 0.3) is 0 Å². The summed E-state index contributed by atoms with van der Waals surface area (Å²) in [5.74, 6) is -0.425. The van der Waals surface area contributed by atoms with Gasteiger partial charge >= 0.3 is 0 Å². The number of nitriles is 1. The van der Waals surface area contributed by atoms with Crippen LogP contribution in [0.2, 0.25) is 0 Å². The van der Waals surface area contributed by atoms with Crippen molar-refractivity contribution in [1.29, 1.82) is 5.26 Å². The predicted molar refractivity (Wildman–Crippen MR) is 65.6 cm³/mol. The smallest absolute Gasteiger partial charge is 0.0961 e. The molecule has 0 unspecified atom stereocenters. The predicted octanol–water partition coefficient (Wildman–Crippen LogP) is 0.587. The van der Waals surface area contributed by atoms with E-state index >= 15 is 0 Å². The van der Waals surface area contributed by atoms with Crippen molar-refractivity contribution in [1.82, 2.24) is 9.88 Å². The van der Waals surface area contributed by atoms with Crippen molar-refractivity contribution < 1.29 is 9.84 Å². The second-order valence-electron chi connectivity index (χ2n) is 4.37. The standard InChI is InChI=1S/C13H17N3O2/c14-9-12(10-16-5-7-18-8-6-16)13(17)11-1-3-15-4-2-11/h1-4,12-13,17H,5-8,10H2/t12-,13-/m0/s1. The Morgan fingerprint density at radius 3 is 2.67 bits per heavy atom. The van der Waals surface area contributed by atoms with E-state index in [1.165, 1.54) is 0 Å². The number of aliphatic hydroxyl groups excluding tert-OH is 1. The first-order valence-electron chi connectivity index (χ1n) is 6.09. The van der Waals surface area contributed by atoms with Crippen LogP contribution in [0.5, 0.6) is 0 Å². The van der Waals surface area contributed by atoms with Crippen molar-refractivity contribution in [2.24, 2.45) is 5.92 Å². The normalized spacial score (nSPS) is 20.0. The van der Waals surface area contributed by atoms with Gasteiger partial charge in [-0.25, -0.2) is 0 Å². The Labute approximate surface area is 107 Å². The van der Waals surface area contributed by atoms with Gasteiger partial charge in [-0.15, -0.1) is 0 Å². The SMILES string of the molecule is N#C[C@@H](CN1CCOCC1)[C@@H](O)c1ccncc1. The first-order valence-corrected chi connectivity index (χ1v) is 6.09. The van der Waals surface area contributed by atoms with E-state index in [4.69, 9.17) is 4.74 Å². The van der Waals surface area contributed by atoms with Crippen LogP contribution in [0.25, 0.3) is 0 Å². The summed E-state index contributed by atoms with van der Waals surface area (Å²) in [6.07, 6.45) is 2.49. The van der Waals surface area contributed by atoms with Crippen LogP contribution in [-0.4, -0.2) is 47.8 Å². The molecular weight excluding hydrogens is 230 g/mol. The number of aromatic nitrogens is 1. The summed E-state index contributed by atoms with van der Waals surface area (Å²) in [6.45, 7) is 3.61. The Bertz CT molecular complexity index is 398. The van der Waals surface area contributed by atoms with Crippen LogP contribution in [-0.2, 0) is 4.74 Å². The zero-order valence-electron chi connectivity index (χ0n) is 10.2. The summed E-state index contributed by atoms with van der Waals surface area (Å²) in [5.41, 5.74) is 0.741. The van der Waals surface area contributed by atoms with Crippen LogP contribution in [0.1, 0.15) is 11.7 Å². The largest absolute Gasteiger partial charge is 0.387 e. The topological polar surface area (TPSA) is 69.4 Å². The van der Waals surface area contributed by atoms with E-state index < -0.39 is 12.0 Å². The Morgan fingerprint density at radius 1 is 1.39 bits per heavy atom. The molecular formula is C13H17N3O2. The molecule has 1 saturated heterocycles. The molecule has 5 nitrogen and oxygen atoms in total.